The molecule has 0 aliphatic carbocycles. The fourth-order valence-corrected chi connectivity index (χ4v) is 1.93. The molecule has 0 bridgehead atoms. The summed E-state index contributed by atoms with van der Waals surface area (Å²) in [6, 6.07) is 19.2. The van der Waals surface area contributed by atoms with E-state index >= 15 is 0 Å². The molecule has 0 saturated carbocycles. The van der Waals surface area contributed by atoms with Crippen molar-refractivity contribution in [3.63, 3.8) is 0 Å². The summed E-state index contributed by atoms with van der Waals surface area (Å²) in [6.07, 6.45) is 0.864. The second-order valence-corrected chi connectivity index (χ2v) is 3.82. The average molecular weight is 205 g/mol. The predicted octanol–water partition coefficient (Wildman–Crippen LogP) is 3.61. The number of carbonyl (C=O) groups excluding carboxylic acids is 1. The summed E-state index contributed by atoms with van der Waals surface area (Å²) in [5.41, 5.74) is 0.694. The number of aldehydes is 1. The molecule has 0 unspecified atom stereocenters. The zero-order valence-electron chi connectivity index (χ0n) is 8.60. The van der Waals surface area contributed by atoms with Gasteiger partial charge in [0.25, 0.3) is 0 Å². The van der Waals surface area contributed by atoms with Crippen molar-refractivity contribution in [2.24, 2.45) is 0 Å². The van der Waals surface area contributed by atoms with E-state index in [9.17, 15) is 4.79 Å². The van der Waals surface area contributed by atoms with E-state index in [2.05, 4.69) is 18.2 Å². The fourth-order valence-electron chi connectivity index (χ4n) is 1.93. The Morgan fingerprint density at radius 3 is 2.56 bits per heavy atom. The number of hydrogen-bond acceptors (Lipinski definition) is 1. The molecule has 0 amide bonds. The van der Waals surface area contributed by atoms with Crippen molar-refractivity contribution in [2.45, 2.75) is 0 Å². The van der Waals surface area contributed by atoms with Gasteiger partial charge in [0.15, 0.2) is 0 Å². The first-order valence-corrected chi connectivity index (χ1v) is 5.17. The third-order valence-corrected chi connectivity index (χ3v) is 2.75. The highest BCUT2D eigenvalue weighted by Gasteiger charge is 1.99. The van der Waals surface area contributed by atoms with Crippen LogP contribution in [0.2, 0.25) is 0 Å². The number of benzene rings is 3. The summed E-state index contributed by atoms with van der Waals surface area (Å²) in [5.74, 6) is 0. The third kappa shape index (κ3) is 1.38. The van der Waals surface area contributed by atoms with E-state index in [0.29, 0.717) is 5.56 Å². The summed E-state index contributed by atoms with van der Waals surface area (Å²) in [4.78, 5) is 10.7. The van der Waals surface area contributed by atoms with Gasteiger partial charge >= 0.3 is 0 Å². The van der Waals surface area contributed by atoms with E-state index in [1.807, 2.05) is 36.4 Å². The molecule has 0 spiro atoms. The summed E-state index contributed by atoms with van der Waals surface area (Å²) in [7, 11) is 0. The van der Waals surface area contributed by atoms with E-state index < -0.39 is 0 Å². The minimum Gasteiger partial charge on any atom is -0.298 e. The van der Waals surface area contributed by atoms with Crippen molar-refractivity contribution in [3.05, 3.63) is 60.2 Å². The SMILES string of the molecule is O=Cc1ccc2cc3ccccc3[c]c2c1. The molecule has 0 aliphatic rings. The van der Waals surface area contributed by atoms with Crippen LogP contribution in [0.3, 0.4) is 0 Å². The summed E-state index contributed by atoms with van der Waals surface area (Å²) in [5, 5.41) is 4.36. The second kappa shape index (κ2) is 3.46. The van der Waals surface area contributed by atoms with Gasteiger partial charge < -0.3 is 0 Å². The number of rotatable bonds is 1. The number of fused-ring (bicyclic) bond motifs is 2. The molecule has 1 nitrogen and oxygen atoms in total. The van der Waals surface area contributed by atoms with Gasteiger partial charge in [-0.25, -0.2) is 0 Å². The van der Waals surface area contributed by atoms with Crippen LogP contribution in [0.5, 0.6) is 0 Å². The molecule has 0 aliphatic heterocycles. The largest absolute Gasteiger partial charge is 0.298 e. The molecule has 0 saturated heterocycles. The topological polar surface area (TPSA) is 17.1 Å². The number of hydrogen-bond donors (Lipinski definition) is 0. The van der Waals surface area contributed by atoms with Crippen molar-refractivity contribution in [3.8, 4) is 0 Å². The van der Waals surface area contributed by atoms with E-state index in [1.165, 1.54) is 5.39 Å². The molecule has 16 heavy (non-hydrogen) atoms. The van der Waals surface area contributed by atoms with Gasteiger partial charge in [-0.2, -0.15) is 0 Å². The molecule has 0 heterocycles. The Morgan fingerprint density at radius 2 is 1.69 bits per heavy atom. The molecule has 1 heteroatoms. The van der Waals surface area contributed by atoms with Crippen LogP contribution in [0.4, 0.5) is 0 Å². The average Bonchev–Trinajstić information content (AvgIpc) is 2.35. The third-order valence-electron chi connectivity index (χ3n) is 2.75. The lowest BCUT2D eigenvalue weighted by molar-refractivity contribution is 0.112. The molecule has 75 valence electrons. The Balaban J connectivity index is 2.41. The monoisotopic (exact) mass is 205 g/mol. The predicted molar refractivity (Wildman–Crippen MR) is 65.7 cm³/mol. The molecule has 0 N–H and O–H groups in total. The highest BCUT2D eigenvalue weighted by atomic mass is 16.1. The van der Waals surface area contributed by atoms with Crippen LogP contribution in [-0.4, -0.2) is 6.29 Å². The lowest BCUT2D eigenvalue weighted by Crippen LogP contribution is -1.81. The maximum Gasteiger partial charge on any atom is 0.150 e. The van der Waals surface area contributed by atoms with Crippen molar-refractivity contribution in [1.29, 1.82) is 0 Å². The smallest absolute Gasteiger partial charge is 0.150 e. The molecular weight excluding hydrogens is 196 g/mol. The maximum atomic E-state index is 10.7. The van der Waals surface area contributed by atoms with Crippen LogP contribution >= 0.6 is 0 Å². The van der Waals surface area contributed by atoms with Crippen LogP contribution in [0.15, 0.2) is 48.5 Å². The molecule has 0 fully saturated rings. The van der Waals surface area contributed by atoms with Gasteiger partial charge in [-0.15, -0.1) is 0 Å². The van der Waals surface area contributed by atoms with Gasteiger partial charge in [-0.1, -0.05) is 36.4 Å². The Bertz CT molecular complexity index is 683. The van der Waals surface area contributed by atoms with Crippen molar-refractivity contribution in [2.75, 3.05) is 0 Å². The lowest BCUT2D eigenvalue weighted by Gasteiger charge is -2.01. The molecule has 3 aromatic rings. The first-order chi connectivity index (χ1) is 7.86. The molecule has 1 radical (unpaired) electrons. The highest BCUT2D eigenvalue weighted by molar-refractivity contribution is 5.99. The number of carbonyl (C=O) groups is 1. The van der Waals surface area contributed by atoms with E-state index in [0.717, 1.165) is 22.4 Å². The normalized spacial score (nSPS) is 10.8. The highest BCUT2D eigenvalue weighted by Crippen LogP contribution is 2.22. The molecular formula is C15H9O. The van der Waals surface area contributed by atoms with Gasteiger partial charge in [-0.05, 0) is 39.7 Å². The second-order valence-electron chi connectivity index (χ2n) is 3.82. The van der Waals surface area contributed by atoms with Gasteiger partial charge in [0.2, 0.25) is 0 Å². The minimum atomic E-state index is 0.694. The summed E-state index contributed by atoms with van der Waals surface area (Å²) < 4.78 is 0. The molecule has 0 aromatic heterocycles. The Morgan fingerprint density at radius 1 is 0.875 bits per heavy atom. The van der Waals surface area contributed by atoms with Crippen molar-refractivity contribution in [1.82, 2.24) is 0 Å². The maximum absolute atomic E-state index is 10.7. The zero-order valence-corrected chi connectivity index (χ0v) is 8.60. The van der Waals surface area contributed by atoms with Crippen LogP contribution in [-0.2, 0) is 0 Å². The Kier molecular flexibility index (Phi) is 1.97. The fraction of sp³-hybridized carbons (Fsp3) is 0. The van der Waals surface area contributed by atoms with Crippen LogP contribution in [0, 0.1) is 6.07 Å². The zero-order chi connectivity index (χ0) is 11.0. The van der Waals surface area contributed by atoms with Gasteiger partial charge in [0.1, 0.15) is 6.29 Å². The van der Waals surface area contributed by atoms with E-state index in [1.54, 1.807) is 0 Å². The summed E-state index contributed by atoms with van der Waals surface area (Å²) in [6.45, 7) is 0. The van der Waals surface area contributed by atoms with Gasteiger partial charge in [0, 0.05) is 5.56 Å². The van der Waals surface area contributed by atoms with Crippen molar-refractivity contribution >= 4 is 27.8 Å². The molecule has 3 aromatic carbocycles. The lowest BCUT2D eigenvalue weighted by atomic mass is 10.0. The Hall–Kier alpha value is -2.15. The Labute approximate surface area is 93.3 Å². The minimum absolute atomic E-state index is 0.694. The van der Waals surface area contributed by atoms with Crippen LogP contribution < -0.4 is 0 Å². The van der Waals surface area contributed by atoms with Gasteiger partial charge in [0.05, 0.1) is 0 Å². The van der Waals surface area contributed by atoms with Crippen molar-refractivity contribution < 1.29 is 4.79 Å². The summed E-state index contributed by atoms with van der Waals surface area (Å²) >= 11 is 0. The molecule has 3 rings (SSSR count). The van der Waals surface area contributed by atoms with E-state index in [-0.39, 0.29) is 0 Å². The quantitative estimate of drug-likeness (QED) is 0.438. The van der Waals surface area contributed by atoms with Gasteiger partial charge in [-0.3, -0.25) is 4.79 Å². The first-order valence-electron chi connectivity index (χ1n) is 5.17. The van der Waals surface area contributed by atoms with Crippen LogP contribution in [0.1, 0.15) is 10.4 Å². The first kappa shape index (κ1) is 9.10. The van der Waals surface area contributed by atoms with E-state index in [4.69, 9.17) is 0 Å². The standard InChI is InChI=1S/C15H9O/c16-10-11-5-6-14-8-12-3-1-2-4-13(12)9-15(14)7-11/h1-8,10H. The van der Waals surface area contributed by atoms with Crippen LogP contribution in [0.25, 0.3) is 21.5 Å². The molecule has 0 atom stereocenters.